The standard InChI is InChI=1S/C22H20F3N3O2/c1-13(2)14-5-4-8-18(10-14)28-12-16(11-19(28)29)21-26-20(27-30-21)15-6-3-7-17(9-15)22(23,24)25/h3-10,13,16H,11-12H2,1-2H3. The number of anilines is 1. The second-order valence-electron chi connectivity index (χ2n) is 7.69. The largest absolute Gasteiger partial charge is 0.416 e. The number of nitrogens with zero attached hydrogens (tertiary/aromatic N) is 3. The summed E-state index contributed by atoms with van der Waals surface area (Å²) < 4.78 is 44.2. The molecular formula is C22H20F3N3O2. The smallest absolute Gasteiger partial charge is 0.339 e. The van der Waals surface area contributed by atoms with E-state index in [4.69, 9.17) is 4.52 Å². The van der Waals surface area contributed by atoms with Crippen LogP contribution in [0.2, 0.25) is 0 Å². The van der Waals surface area contributed by atoms with Crippen LogP contribution in [-0.4, -0.2) is 22.6 Å². The molecule has 1 amide bonds. The van der Waals surface area contributed by atoms with Crippen molar-refractivity contribution >= 4 is 11.6 Å². The van der Waals surface area contributed by atoms with Crippen molar-refractivity contribution in [3.05, 3.63) is 65.5 Å². The molecule has 0 spiro atoms. The average molecular weight is 415 g/mol. The molecule has 30 heavy (non-hydrogen) atoms. The van der Waals surface area contributed by atoms with Crippen LogP contribution in [0.25, 0.3) is 11.4 Å². The molecule has 8 heteroatoms. The number of amides is 1. The molecule has 0 radical (unpaired) electrons. The van der Waals surface area contributed by atoms with Gasteiger partial charge in [0.2, 0.25) is 17.6 Å². The molecule has 1 aromatic heterocycles. The van der Waals surface area contributed by atoms with E-state index in [9.17, 15) is 18.0 Å². The van der Waals surface area contributed by atoms with E-state index in [0.717, 1.165) is 23.4 Å². The van der Waals surface area contributed by atoms with Gasteiger partial charge >= 0.3 is 6.18 Å². The topological polar surface area (TPSA) is 59.2 Å². The maximum absolute atomic E-state index is 13.0. The Morgan fingerprint density at radius 1 is 1.13 bits per heavy atom. The third-order valence-corrected chi connectivity index (χ3v) is 5.21. The highest BCUT2D eigenvalue weighted by atomic mass is 19.4. The molecule has 2 aromatic carbocycles. The summed E-state index contributed by atoms with van der Waals surface area (Å²) in [6.45, 7) is 4.55. The summed E-state index contributed by atoms with van der Waals surface area (Å²) in [6.07, 6.45) is -4.25. The lowest BCUT2D eigenvalue weighted by atomic mass is 10.0. The minimum atomic E-state index is -4.45. The summed E-state index contributed by atoms with van der Waals surface area (Å²) in [5.74, 6) is 0.290. The van der Waals surface area contributed by atoms with Crippen molar-refractivity contribution in [3.8, 4) is 11.4 Å². The van der Waals surface area contributed by atoms with E-state index in [1.54, 1.807) is 4.90 Å². The number of carbonyl (C=O) groups excluding carboxylic acids is 1. The van der Waals surface area contributed by atoms with Gasteiger partial charge in [-0.25, -0.2) is 0 Å². The van der Waals surface area contributed by atoms with Crippen molar-refractivity contribution < 1.29 is 22.5 Å². The zero-order chi connectivity index (χ0) is 21.5. The van der Waals surface area contributed by atoms with Gasteiger partial charge in [0.05, 0.1) is 11.5 Å². The first-order valence-corrected chi connectivity index (χ1v) is 9.64. The average Bonchev–Trinajstić information content (AvgIpc) is 3.34. The van der Waals surface area contributed by atoms with Crippen LogP contribution in [0.3, 0.4) is 0 Å². The van der Waals surface area contributed by atoms with Crippen molar-refractivity contribution in [2.45, 2.75) is 38.3 Å². The predicted octanol–water partition coefficient (Wildman–Crippen LogP) is 5.40. The van der Waals surface area contributed by atoms with Crippen LogP contribution in [0.1, 0.15) is 49.1 Å². The van der Waals surface area contributed by atoms with Crippen LogP contribution in [0, 0.1) is 0 Å². The first-order valence-electron chi connectivity index (χ1n) is 9.64. The number of aromatic nitrogens is 2. The summed E-state index contributed by atoms with van der Waals surface area (Å²) in [5.41, 5.74) is 1.38. The van der Waals surface area contributed by atoms with Crippen LogP contribution in [0.5, 0.6) is 0 Å². The third-order valence-electron chi connectivity index (χ3n) is 5.21. The molecule has 1 saturated heterocycles. The van der Waals surface area contributed by atoms with Crippen molar-refractivity contribution in [3.63, 3.8) is 0 Å². The molecule has 1 atom stereocenters. The van der Waals surface area contributed by atoms with Gasteiger partial charge in [0.15, 0.2) is 0 Å². The predicted molar refractivity (Wildman–Crippen MR) is 105 cm³/mol. The number of benzene rings is 2. The molecule has 0 N–H and O–H groups in total. The summed E-state index contributed by atoms with van der Waals surface area (Å²) in [4.78, 5) is 18.5. The maximum atomic E-state index is 13.0. The first kappa shape index (κ1) is 20.1. The summed E-state index contributed by atoms with van der Waals surface area (Å²) in [7, 11) is 0. The highest BCUT2D eigenvalue weighted by molar-refractivity contribution is 5.96. The molecule has 4 rings (SSSR count). The zero-order valence-corrected chi connectivity index (χ0v) is 16.5. The van der Waals surface area contributed by atoms with Crippen molar-refractivity contribution in [2.24, 2.45) is 0 Å². The minimum absolute atomic E-state index is 0.0558. The molecular weight excluding hydrogens is 395 g/mol. The maximum Gasteiger partial charge on any atom is 0.416 e. The number of rotatable bonds is 4. The first-order chi connectivity index (χ1) is 14.2. The van der Waals surface area contributed by atoms with Crippen LogP contribution < -0.4 is 4.90 Å². The van der Waals surface area contributed by atoms with Gasteiger partial charge in [0, 0.05) is 24.2 Å². The van der Waals surface area contributed by atoms with Crippen molar-refractivity contribution in [1.29, 1.82) is 0 Å². The van der Waals surface area contributed by atoms with Crippen LogP contribution in [0.4, 0.5) is 18.9 Å². The molecule has 3 aromatic rings. The fraction of sp³-hybridized carbons (Fsp3) is 0.318. The molecule has 2 heterocycles. The summed E-state index contributed by atoms with van der Waals surface area (Å²) in [5, 5.41) is 3.83. The SMILES string of the molecule is CC(C)c1cccc(N2CC(c3nc(-c4cccc(C(F)(F)F)c4)no3)CC2=O)c1. The van der Waals surface area contributed by atoms with Gasteiger partial charge in [0.1, 0.15) is 0 Å². The molecule has 0 aliphatic carbocycles. The lowest BCUT2D eigenvalue weighted by Gasteiger charge is -2.18. The third kappa shape index (κ3) is 3.94. The van der Waals surface area contributed by atoms with Crippen molar-refractivity contribution in [2.75, 3.05) is 11.4 Å². The molecule has 1 fully saturated rings. The van der Waals surface area contributed by atoms with Gasteiger partial charge in [-0.15, -0.1) is 0 Å². The second-order valence-corrected chi connectivity index (χ2v) is 7.69. The molecule has 1 aliphatic rings. The van der Waals surface area contributed by atoms with E-state index in [-0.39, 0.29) is 35.5 Å². The Hall–Kier alpha value is -3.16. The Balaban J connectivity index is 1.55. The van der Waals surface area contributed by atoms with E-state index in [1.165, 1.54) is 12.1 Å². The van der Waals surface area contributed by atoms with E-state index < -0.39 is 11.7 Å². The minimum Gasteiger partial charge on any atom is -0.339 e. The normalized spacial score (nSPS) is 17.2. The Kier molecular flexibility index (Phi) is 5.09. The fourth-order valence-electron chi connectivity index (χ4n) is 3.53. The van der Waals surface area contributed by atoms with E-state index in [0.29, 0.717) is 12.5 Å². The summed E-state index contributed by atoms with van der Waals surface area (Å²) >= 11 is 0. The molecule has 5 nitrogen and oxygen atoms in total. The fourth-order valence-corrected chi connectivity index (χ4v) is 3.53. The Morgan fingerprint density at radius 2 is 1.90 bits per heavy atom. The number of carbonyl (C=O) groups is 1. The number of hydrogen-bond donors (Lipinski definition) is 0. The second kappa shape index (κ2) is 7.59. The van der Waals surface area contributed by atoms with E-state index in [2.05, 4.69) is 24.0 Å². The quantitative estimate of drug-likeness (QED) is 0.573. The van der Waals surface area contributed by atoms with Crippen LogP contribution in [0.15, 0.2) is 53.1 Å². The number of alkyl halides is 3. The molecule has 1 aliphatic heterocycles. The Bertz CT molecular complexity index is 1080. The van der Waals surface area contributed by atoms with Gasteiger partial charge in [-0.3, -0.25) is 4.79 Å². The van der Waals surface area contributed by atoms with E-state index in [1.807, 2.05) is 24.3 Å². The Morgan fingerprint density at radius 3 is 2.63 bits per heavy atom. The highest BCUT2D eigenvalue weighted by Gasteiger charge is 2.36. The van der Waals surface area contributed by atoms with E-state index >= 15 is 0 Å². The summed E-state index contributed by atoms with van der Waals surface area (Å²) in [6, 6.07) is 12.6. The number of hydrogen-bond acceptors (Lipinski definition) is 4. The van der Waals surface area contributed by atoms with Crippen LogP contribution in [-0.2, 0) is 11.0 Å². The van der Waals surface area contributed by atoms with Gasteiger partial charge < -0.3 is 9.42 Å². The molecule has 156 valence electrons. The molecule has 1 unspecified atom stereocenters. The van der Waals surface area contributed by atoms with Gasteiger partial charge in [-0.05, 0) is 35.7 Å². The monoisotopic (exact) mass is 415 g/mol. The Labute approximate surface area is 171 Å². The zero-order valence-electron chi connectivity index (χ0n) is 16.5. The van der Waals surface area contributed by atoms with Gasteiger partial charge in [-0.2, -0.15) is 18.2 Å². The molecule has 0 bridgehead atoms. The molecule has 0 saturated carbocycles. The van der Waals surface area contributed by atoms with Gasteiger partial charge in [0.25, 0.3) is 0 Å². The van der Waals surface area contributed by atoms with Crippen molar-refractivity contribution in [1.82, 2.24) is 10.1 Å². The van der Waals surface area contributed by atoms with Crippen LogP contribution >= 0.6 is 0 Å². The van der Waals surface area contributed by atoms with Gasteiger partial charge in [-0.1, -0.05) is 43.3 Å². The number of halogens is 3. The highest BCUT2D eigenvalue weighted by Crippen LogP contribution is 2.34. The lowest BCUT2D eigenvalue weighted by molar-refractivity contribution is -0.137. The lowest BCUT2D eigenvalue weighted by Crippen LogP contribution is -2.24.